The largest absolute Gasteiger partial charge is 0.496 e. The first-order valence-electron chi connectivity index (χ1n) is 15.1. The van der Waals surface area contributed by atoms with Crippen molar-refractivity contribution in [3.8, 4) is 29.1 Å². The van der Waals surface area contributed by atoms with Crippen molar-refractivity contribution in [1.82, 2.24) is 9.80 Å². The van der Waals surface area contributed by atoms with Crippen LogP contribution in [0.5, 0.6) is 23.0 Å². The molecule has 0 aliphatic carbocycles. The number of alkyl halides is 1. The van der Waals surface area contributed by atoms with Gasteiger partial charge < -0.3 is 23.7 Å². The lowest BCUT2D eigenvalue weighted by atomic mass is 9.71. The van der Waals surface area contributed by atoms with E-state index in [0.717, 1.165) is 28.0 Å². The Bertz CT molecular complexity index is 1570. The van der Waals surface area contributed by atoms with E-state index in [-0.39, 0.29) is 49.8 Å². The summed E-state index contributed by atoms with van der Waals surface area (Å²) in [6.45, 7) is 7.92. The number of likely N-dealkylation sites (N-methyl/N-ethyl adjacent to an activating group) is 1. The Labute approximate surface area is 262 Å². The van der Waals surface area contributed by atoms with Gasteiger partial charge in [-0.25, -0.2) is 0 Å². The number of carbonyl (C=O) groups is 2. The van der Waals surface area contributed by atoms with Crippen LogP contribution < -0.4 is 18.9 Å². The molecule has 4 aliphatic heterocycles. The Morgan fingerprint density at radius 2 is 1.82 bits per heavy atom. The van der Waals surface area contributed by atoms with Crippen molar-refractivity contribution in [3.05, 3.63) is 45.0 Å². The minimum Gasteiger partial charge on any atom is -0.496 e. The molecule has 44 heavy (non-hydrogen) atoms. The van der Waals surface area contributed by atoms with Gasteiger partial charge in [0.2, 0.25) is 6.79 Å². The summed E-state index contributed by atoms with van der Waals surface area (Å²) in [5.74, 6) is 1.04. The lowest BCUT2D eigenvalue weighted by Gasteiger charge is -2.60. The molecule has 0 aromatic heterocycles. The summed E-state index contributed by atoms with van der Waals surface area (Å²) in [7, 11) is 3.77. The van der Waals surface area contributed by atoms with Crippen LogP contribution in [0, 0.1) is 32.1 Å². The number of esters is 2. The first-order valence-corrected chi connectivity index (χ1v) is 15.6. The number of hydrogen-bond donors (Lipinski definition) is 0. The molecule has 4 aliphatic rings. The van der Waals surface area contributed by atoms with Crippen LogP contribution in [0.3, 0.4) is 0 Å². The van der Waals surface area contributed by atoms with Crippen LogP contribution in [0.4, 0.5) is 0 Å². The molecule has 2 aromatic carbocycles. The Morgan fingerprint density at radius 1 is 1.07 bits per heavy atom. The van der Waals surface area contributed by atoms with Gasteiger partial charge in [-0.2, -0.15) is 5.26 Å². The molecule has 234 valence electrons. The normalized spacial score (nSPS) is 24.9. The monoisotopic (exact) mass is 623 g/mol. The number of benzene rings is 2. The van der Waals surface area contributed by atoms with Gasteiger partial charge in [0.05, 0.1) is 25.3 Å². The number of halogens is 1. The second kappa shape index (κ2) is 11.8. The molecule has 2 bridgehead atoms. The van der Waals surface area contributed by atoms with E-state index >= 15 is 0 Å². The van der Waals surface area contributed by atoms with Crippen LogP contribution in [-0.2, 0) is 27.2 Å². The molecular weight excluding hydrogens is 586 g/mol. The summed E-state index contributed by atoms with van der Waals surface area (Å²) in [5.41, 5.74) is 6.66. The lowest BCUT2D eigenvalue weighted by molar-refractivity contribution is -0.149. The highest BCUT2D eigenvalue weighted by molar-refractivity contribution is 6.26. The van der Waals surface area contributed by atoms with Crippen molar-refractivity contribution in [1.29, 1.82) is 5.26 Å². The van der Waals surface area contributed by atoms with Crippen molar-refractivity contribution >= 4 is 23.5 Å². The number of rotatable bonds is 7. The molecule has 0 amide bonds. The average Bonchev–Trinajstić information content (AvgIpc) is 3.49. The van der Waals surface area contributed by atoms with Crippen LogP contribution in [0.15, 0.2) is 6.07 Å². The van der Waals surface area contributed by atoms with Crippen LogP contribution in [-0.4, -0.2) is 73.3 Å². The third-order valence-electron chi connectivity index (χ3n) is 9.72. The standard InChI is InChI=1S/C33H38ClN3O7/c1-7-8-25(38)41-14-24-28-20(31(44-26(39)12-34)18(4)32-33(28)43-15-42-32)11-22-29-27-17(3)30(40-6)16(2)9-19(27)10-21(36(29)5)23(13-35)37(22)24/h9,21-24,29H,7-8,10-12,14-15H2,1-6H3/t21-,22?,23+,24+,29-/m1/s1. The van der Waals surface area contributed by atoms with Crippen molar-refractivity contribution in [2.24, 2.45) is 0 Å². The fourth-order valence-electron chi connectivity index (χ4n) is 8.05. The molecule has 6 rings (SSSR count). The van der Waals surface area contributed by atoms with Gasteiger partial charge in [0, 0.05) is 35.2 Å². The summed E-state index contributed by atoms with van der Waals surface area (Å²) in [5, 5.41) is 10.8. The number of nitrogens with zero attached hydrogens (tertiary/aromatic N) is 3. The highest BCUT2D eigenvalue weighted by Crippen LogP contribution is 2.57. The SMILES string of the molecule is CCCC(=O)OC[C@H]1c2c(c(OC(=O)CCl)c(C)c3c2OCO3)CC2[C@@H]3c4c(cc(C)c(OC)c4C)C[C@H]([C@H](C#N)N21)N3C. The molecule has 11 heteroatoms. The summed E-state index contributed by atoms with van der Waals surface area (Å²) in [4.78, 5) is 29.9. The number of nitriles is 1. The molecule has 4 heterocycles. The minimum absolute atomic E-state index is 0.00265. The Morgan fingerprint density at radius 3 is 2.50 bits per heavy atom. The highest BCUT2D eigenvalue weighted by Gasteiger charge is 2.56. The van der Waals surface area contributed by atoms with E-state index in [4.69, 9.17) is 35.3 Å². The van der Waals surface area contributed by atoms with Gasteiger partial charge in [0.25, 0.3) is 0 Å². The highest BCUT2D eigenvalue weighted by atomic mass is 35.5. The van der Waals surface area contributed by atoms with Gasteiger partial charge in [-0.3, -0.25) is 19.4 Å². The first kappa shape index (κ1) is 30.5. The first-order chi connectivity index (χ1) is 21.2. The molecule has 1 unspecified atom stereocenters. The molecule has 0 N–H and O–H groups in total. The van der Waals surface area contributed by atoms with E-state index < -0.39 is 18.1 Å². The lowest BCUT2D eigenvalue weighted by Crippen LogP contribution is -2.68. The average molecular weight is 624 g/mol. The van der Waals surface area contributed by atoms with Crippen molar-refractivity contribution in [3.63, 3.8) is 0 Å². The number of piperazine rings is 1. The van der Waals surface area contributed by atoms with E-state index in [0.29, 0.717) is 42.1 Å². The molecule has 0 saturated carbocycles. The molecule has 0 radical (unpaired) electrons. The predicted molar refractivity (Wildman–Crippen MR) is 161 cm³/mol. The van der Waals surface area contributed by atoms with Crippen molar-refractivity contribution in [2.45, 2.75) is 83.6 Å². The van der Waals surface area contributed by atoms with Crippen LogP contribution in [0.1, 0.15) is 70.8 Å². The summed E-state index contributed by atoms with van der Waals surface area (Å²) >= 11 is 5.90. The van der Waals surface area contributed by atoms with Crippen LogP contribution >= 0.6 is 11.6 Å². The zero-order valence-electron chi connectivity index (χ0n) is 26.0. The topological polar surface area (TPSA) is 111 Å². The number of methoxy groups -OCH3 is 1. The van der Waals surface area contributed by atoms with E-state index in [1.54, 1.807) is 7.11 Å². The molecule has 0 spiro atoms. The van der Waals surface area contributed by atoms with Gasteiger partial charge in [0.1, 0.15) is 30.0 Å². The number of ether oxygens (including phenoxy) is 5. The molecule has 2 aromatic rings. The maximum atomic E-state index is 12.7. The summed E-state index contributed by atoms with van der Waals surface area (Å²) in [6, 6.07) is 3.28. The molecule has 5 atom stereocenters. The van der Waals surface area contributed by atoms with Crippen LogP contribution in [0.2, 0.25) is 0 Å². The fraction of sp³-hybridized carbons (Fsp3) is 0.545. The quantitative estimate of drug-likeness (QED) is 0.246. The van der Waals surface area contributed by atoms with E-state index in [9.17, 15) is 14.9 Å². The molecule has 1 saturated heterocycles. The smallest absolute Gasteiger partial charge is 0.326 e. The maximum Gasteiger partial charge on any atom is 0.326 e. The Balaban J connectivity index is 1.60. The summed E-state index contributed by atoms with van der Waals surface area (Å²) < 4.78 is 29.6. The molecule has 1 fully saturated rings. The number of carbonyl (C=O) groups excluding carboxylic acids is 2. The van der Waals surface area contributed by atoms with E-state index in [1.807, 2.05) is 13.8 Å². The number of aryl methyl sites for hydroxylation is 1. The van der Waals surface area contributed by atoms with Gasteiger partial charge in [0.15, 0.2) is 11.5 Å². The minimum atomic E-state index is -0.584. The van der Waals surface area contributed by atoms with E-state index in [1.165, 1.54) is 11.1 Å². The fourth-order valence-corrected chi connectivity index (χ4v) is 8.11. The van der Waals surface area contributed by atoms with Crippen molar-refractivity contribution < 1.29 is 33.3 Å². The predicted octanol–water partition coefficient (Wildman–Crippen LogP) is 4.61. The zero-order valence-corrected chi connectivity index (χ0v) is 26.7. The molecular formula is C33H38ClN3O7. The van der Waals surface area contributed by atoms with Gasteiger partial charge >= 0.3 is 11.9 Å². The zero-order chi connectivity index (χ0) is 31.4. The third-order valence-corrected chi connectivity index (χ3v) is 9.94. The van der Waals surface area contributed by atoms with Gasteiger partial charge in [-0.1, -0.05) is 13.0 Å². The Kier molecular flexibility index (Phi) is 8.16. The third kappa shape index (κ3) is 4.59. The summed E-state index contributed by atoms with van der Waals surface area (Å²) in [6.07, 6.45) is 2.08. The second-order valence-electron chi connectivity index (χ2n) is 12.1. The van der Waals surface area contributed by atoms with Crippen LogP contribution in [0.25, 0.3) is 0 Å². The van der Waals surface area contributed by atoms with Crippen molar-refractivity contribution in [2.75, 3.05) is 33.4 Å². The Hall–Kier alpha value is -3.52. The number of fused-ring (bicyclic) bond motifs is 9. The second-order valence-corrected chi connectivity index (χ2v) is 12.3. The van der Waals surface area contributed by atoms with E-state index in [2.05, 4.69) is 42.8 Å². The van der Waals surface area contributed by atoms with Gasteiger partial charge in [-0.05, 0) is 69.3 Å². The van der Waals surface area contributed by atoms with Gasteiger partial charge in [-0.15, -0.1) is 11.6 Å². The number of hydrogen-bond acceptors (Lipinski definition) is 10. The molecule has 10 nitrogen and oxygen atoms in total. The maximum absolute atomic E-state index is 12.7.